The van der Waals surface area contributed by atoms with Crippen LogP contribution >= 0.6 is 8.61 Å². The van der Waals surface area contributed by atoms with Gasteiger partial charge in [0, 0.05) is 0 Å². The zero-order chi connectivity index (χ0) is 17.3. The lowest BCUT2D eigenvalue weighted by Gasteiger charge is -2.21. The Morgan fingerprint density at radius 2 is 1.57 bits per heavy atom. The summed E-state index contributed by atoms with van der Waals surface area (Å²) in [5, 5.41) is 0. The Bertz CT molecular complexity index is 626. The third-order valence-electron chi connectivity index (χ3n) is 2.91. The second-order valence-corrected chi connectivity index (χ2v) is 5.24. The molecular weight excluding hydrogens is 348 g/mol. The maximum Gasteiger partial charge on any atom is 0.327 e. The van der Waals surface area contributed by atoms with Crippen LogP contribution in [0.4, 0.5) is 22.0 Å². The van der Waals surface area contributed by atoms with Crippen LogP contribution in [0.15, 0.2) is 0 Å². The molecule has 0 N–H and O–H groups in total. The Balaban J connectivity index is 2.24. The molecule has 1 unspecified atom stereocenters. The van der Waals surface area contributed by atoms with Crippen LogP contribution in [-0.2, 0) is 14.1 Å². The van der Waals surface area contributed by atoms with E-state index in [1.165, 1.54) is 0 Å². The fourth-order valence-corrected chi connectivity index (χ4v) is 1.81. The van der Waals surface area contributed by atoms with Crippen LogP contribution in [0.2, 0.25) is 0 Å². The second-order valence-electron chi connectivity index (χ2n) is 4.69. The van der Waals surface area contributed by atoms with Gasteiger partial charge in [0.05, 0.1) is 0 Å². The number of carbonyl (C=O) groups is 1. The lowest BCUT2D eigenvalue weighted by Crippen LogP contribution is -2.37. The van der Waals surface area contributed by atoms with Gasteiger partial charge in [-0.2, -0.15) is 8.78 Å². The van der Waals surface area contributed by atoms with Gasteiger partial charge in [-0.25, -0.2) is 13.2 Å². The Morgan fingerprint density at radius 3 is 2.00 bits per heavy atom. The molecule has 0 radical (unpaired) electrons. The number of esters is 1. The first-order chi connectivity index (χ1) is 10.8. The van der Waals surface area contributed by atoms with Crippen LogP contribution in [0, 0.1) is 29.1 Å². The van der Waals surface area contributed by atoms with Gasteiger partial charge in [0.15, 0.2) is 6.04 Å². The summed E-state index contributed by atoms with van der Waals surface area (Å²) in [5.74, 6) is -13.9. The monoisotopic (exact) mass is 357 g/mol. The Morgan fingerprint density at radius 1 is 1.09 bits per heavy atom. The predicted molar refractivity (Wildman–Crippen MR) is 64.9 cm³/mol. The molecule has 2 rings (SSSR count). The van der Waals surface area contributed by atoms with Crippen LogP contribution in [0.25, 0.3) is 0 Å². The van der Waals surface area contributed by atoms with Crippen molar-refractivity contribution in [2.75, 3.05) is 0 Å². The molecule has 1 atom stereocenters. The first kappa shape index (κ1) is 17.6. The Kier molecular flexibility index (Phi) is 5.16. The molecule has 1 fully saturated rings. The largest absolute Gasteiger partial charge is 0.461 e. The molecule has 0 saturated heterocycles. The normalized spacial score (nSPS) is 15.8. The molecule has 1 aromatic carbocycles. The van der Waals surface area contributed by atoms with E-state index in [9.17, 15) is 31.3 Å². The van der Waals surface area contributed by atoms with Crippen molar-refractivity contribution < 1.29 is 40.9 Å². The zero-order valence-corrected chi connectivity index (χ0v) is 12.4. The molecule has 0 heterocycles. The van der Waals surface area contributed by atoms with E-state index in [2.05, 4.69) is 4.84 Å². The highest BCUT2D eigenvalue weighted by molar-refractivity contribution is 7.20. The van der Waals surface area contributed by atoms with Gasteiger partial charge in [-0.05, 0) is 24.6 Å². The van der Waals surface area contributed by atoms with Crippen molar-refractivity contribution in [1.29, 1.82) is 0 Å². The van der Waals surface area contributed by atoms with Crippen LogP contribution < -0.4 is 4.84 Å². The molecule has 0 aliphatic heterocycles. The fraction of sp³-hybridized carbons (Fsp3) is 0.417. The molecule has 11 heteroatoms. The minimum atomic E-state index is -2.36. The van der Waals surface area contributed by atoms with Gasteiger partial charge >= 0.3 is 5.97 Å². The van der Waals surface area contributed by atoms with Gasteiger partial charge in [-0.15, -0.1) is 0 Å². The number of benzene rings is 1. The highest BCUT2D eigenvalue weighted by Crippen LogP contribution is 2.32. The van der Waals surface area contributed by atoms with Gasteiger partial charge < -0.3 is 9.57 Å². The lowest BCUT2D eigenvalue weighted by molar-refractivity contribution is -0.155. The van der Waals surface area contributed by atoms with Crippen molar-refractivity contribution in [3.8, 4) is 5.75 Å². The van der Waals surface area contributed by atoms with Crippen molar-refractivity contribution in [1.82, 2.24) is 4.83 Å². The SMILES string of the molecule is CC(C(=O)OC1CC1)N(Oc1c(F)c(F)c(F)c(F)c1F)P=O. The van der Waals surface area contributed by atoms with E-state index < -0.39 is 55.5 Å². The van der Waals surface area contributed by atoms with E-state index in [1.807, 2.05) is 0 Å². The standard InChI is InChI=1S/C12H9F5NO4P/c1-4(12(19)21-5-2-3-5)18(23-20)22-11-9(16)7(14)6(13)8(15)10(11)17/h4-5H,2-3H2,1H3. The van der Waals surface area contributed by atoms with E-state index in [0.29, 0.717) is 12.8 Å². The maximum atomic E-state index is 13.5. The molecule has 5 nitrogen and oxygen atoms in total. The van der Waals surface area contributed by atoms with E-state index in [0.717, 1.165) is 6.92 Å². The number of rotatable bonds is 6. The summed E-state index contributed by atoms with van der Waals surface area (Å²) in [6.07, 6.45) is 0.988. The number of hydrogen-bond acceptors (Lipinski definition) is 4. The molecule has 1 saturated carbocycles. The summed E-state index contributed by atoms with van der Waals surface area (Å²) in [6.45, 7) is 1.13. The van der Waals surface area contributed by atoms with Crippen LogP contribution in [0.1, 0.15) is 19.8 Å². The van der Waals surface area contributed by atoms with E-state index >= 15 is 0 Å². The molecule has 0 spiro atoms. The van der Waals surface area contributed by atoms with E-state index in [1.54, 1.807) is 0 Å². The number of hydroxylamine groups is 1. The molecule has 1 aromatic rings. The summed E-state index contributed by atoms with van der Waals surface area (Å²) in [4.78, 5) is 16.3. The molecule has 0 bridgehead atoms. The number of ether oxygens (including phenoxy) is 1. The summed E-state index contributed by atoms with van der Waals surface area (Å²) >= 11 is 0. The van der Waals surface area contributed by atoms with Crippen LogP contribution in [-0.4, -0.2) is 22.9 Å². The van der Waals surface area contributed by atoms with Crippen LogP contribution in [0.5, 0.6) is 5.75 Å². The van der Waals surface area contributed by atoms with E-state index in [-0.39, 0.29) is 10.9 Å². The van der Waals surface area contributed by atoms with Gasteiger partial charge in [0.1, 0.15) is 6.10 Å². The second kappa shape index (κ2) is 6.76. The van der Waals surface area contributed by atoms with Crippen molar-refractivity contribution in [2.45, 2.75) is 31.9 Å². The average molecular weight is 357 g/mol. The average Bonchev–Trinajstić information content (AvgIpc) is 3.34. The number of nitrogens with zero attached hydrogens (tertiary/aromatic N) is 1. The molecule has 126 valence electrons. The maximum absolute atomic E-state index is 13.5. The van der Waals surface area contributed by atoms with Crippen molar-refractivity contribution in [3.63, 3.8) is 0 Å². The zero-order valence-electron chi connectivity index (χ0n) is 11.5. The highest BCUT2D eigenvalue weighted by atomic mass is 31.1. The molecule has 0 amide bonds. The Labute approximate surface area is 128 Å². The topological polar surface area (TPSA) is 55.8 Å². The van der Waals surface area contributed by atoms with Gasteiger partial charge in [-0.1, -0.05) is 0 Å². The minimum Gasteiger partial charge on any atom is -0.461 e. The predicted octanol–water partition coefficient (Wildman–Crippen LogP) is 3.28. The molecule has 0 aromatic heterocycles. The summed E-state index contributed by atoms with van der Waals surface area (Å²) < 4.78 is 81.9. The summed E-state index contributed by atoms with van der Waals surface area (Å²) in [6, 6.07) is -1.41. The van der Waals surface area contributed by atoms with E-state index in [4.69, 9.17) is 4.74 Å². The minimum absolute atomic E-state index is 0.197. The molecular formula is C12H9F5NO4P. The van der Waals surface area contributed by atoms with Crippen molar-refractivity contribution >= 4 is 14.6 Å². The third kappa shape index (κ3) is 3.59. The quantitative estimate of drug-likeness (QED) is 0.195. The lowest BCUT2D eigenvalue weighted by atomic mass is 10.3. The molecule has 1 aliphatic rings. The molecule has 23 heavy (non-hydrogen) atoms. The molecule has 1 aliphatic carbocycles. The van der Waals surface area contributed by atoms with Gasteiger partial charge in [-0.3, -0.25) is 9.36 Å². The smallest absolute Gasteiger partial charge is 0.327 e. The highest BCUT2D eigenvalue weighted by Gasteiger charge is 2.35. The first-order valence-electron chi connectivity index (χ1n) is 6.30. The first-order valence-corrected chi connectivity index (χ1v) is 7.06. The number of hydrogen-bond donors (Lipinski definition) is 0. The number of halogens is 5. The summed E-state index contributed by atoms with van der Waals surface area (Å²) in [7, 11) is -1.05. The Hall–Kier alpha value is -1.80. The third-order valence-corrected chi connectivity index (χ3v) is 3.50. The fourth-order valence-electron chi connectivity index (χ4n) is 1.46. The van der Waals surface area contributed by atoms with Crippen molar-refractivity contribution in [3.05, 3.63) is 29.1 Å². The van der Waals surface area contributed by atoms with Crippen LogP contribution in [0.3, 0.4) is 0 Å². The van der Waals surface area contributed by atoms with Crippen molar-refractivity contribution in [2.24, 2.45) is 0 Å². The van der Waals surface area contributed by atoms with Gasteiger partial charge in [0.25, 0.3) is 8.61 Å². The van der Waals surface area contributed by atoms with Gasteiger partial charge in [0.2, 0.25) is 34.8 Å². The summed E-state index contributed by atoms with van der Waals surface area (Å²) in [5.41, 5.74) is 0. The number of carbonyl (C=O) groups excluding carboxylic acids is 1.